The van der Waals surface area contributed by atoms with Crippen LogP contribution in [0.3, 0.4) is 0 Å². The van der Waals surface area contributed by atoms with E-state index in [1.54, 1.807) is 18.4 Å². The molecule has 0 aliphatic rings. The van der Waals surface area contributed by atoms with Gasteiger partial charge < -0.3 is 19.7 Å². The van der Waals surface area contributed by atoms with Crippen molar-refractivity contribution in [3.63, 3.8) is 0 Å². The van der Waals surface area contributed by atoms with Crippen LogP contribution in [0.5, 0.6) is 0 Å². The average Bonchev–Trinajstić information content (AvgIpc) is 2.92. The molecule has 2 aromatic rings. The minimum atomic E-state index is -1.17. The maximum atomic E-state index is 9.53. The Morgan fingerprint density at radius 3 is 2.56 bits per heavy atom. The number of aromatic nitrogens is 2. The number of hydrogen-bond donors (Lipinski definition) is 3. The lowest BCUT2D eigenvalue weighted by Gasteiger charge is -2.14. The lowest BCUT2D eigenvalue weighted by Crippen LogP contribution is -2.31. The molecule has 2 heterocycles. The van der Waals surface area contributed by atoms with Gasteiger partial charge in [-0.3, -0.25) is 4.98 Å². The molecule has 6 heteroatoms. The predicted octanol–water partition coefficient (Wildman–Crippen LogP) is -0.00680. The molecule has 0 radical (unpaired) electrons. The molecule has 0 aromatic carbocycles. The number of aliphatic hydroxyl groups excluding tert-OH is 3. The van der Waals surface area contributed by atoms with Gasteiger partial charge in [-0.2, -0.15) is 0 Å². The van der Waals surface area contributed by atoms with Crippen LogP contribution < -0.4 is 0 Å². The van der Waals surface area contributed by atoms with Crippen molar-refractivity contribution in [3.8, 4) is 11.5 Å². The zero-order valence-corrected chi connectivity index (χ0v) is 9.60. The Labute approximate surface area is 104 Å². The fourth-order valence-corrected chi connectivity index (χ4v) is 1.48. The van der Waals surface area contributed by atoms with E-state index in [1.165, 1.54) is 12.4 Å². The number of furan rings is 1. The average molecular weight is 250 g/mol. The second kappa shape index (κ2) is 5.72. The molecule has 0 aliphatic carbocycles. The van der Waals surface area contributed by atoms with Crippen LogP contribution in [-0.2, 0) is 6.42 Å². The summed E-state index contributed by atoms with van der Waals surface area (Å²) in [4.78, 5) is 8.26. The summed E-state index contributed by atoms with van der Waals surface area (Å²) in [7, 11) is 0. The van der Waals surface area contributed by atoms with Crippen LogP contribution in [-0.4, -0.2) is 44.1 Å². The van der Waals surface area contributed by atoms with Crippen molar-refractivity contribution >= 4 is 0 Å². The molecule has 6 nitrogen and oxygen atoms in total. The van der Waals surface area contributed by atoms with E-state index in [0.29, 0.717) is 17.1 Å². The lowest BCUT2D eigenvalue weighted by molar-refractivity contribution is -0.0137. The summed E-state index contributed by atoms with van der Waals surface area (Å²) < 4.78 is 5.17. The van der Waals surface area contributed by atoms with Gasteiger partial charge in [0.25, 0.3) is 0 Å². The number of aliphatic hydroxyl groups is 3. The van der Waals surface area contributed by atoms with Crippen LogP contribution in [0.15, 0.2) is 35.2 Å². The van der Waals surface area contributed by atoms with Crippen LogP contribution in [0, 0.1) is 0 Å². The van der Waals surface area contributed by atoms with Gasteiger partial charge in [0.2, 0.25) is 0 Å². The molecule has 0 fully saturated rings. The van der Waals surface area contributed by atoms with Gasteiger partial charge in [-0.05, 0) is 12.1 Å². The maximum absolute atomic E-state index is 9.53. The molecule has 2 atom stereocenters. The van der Waals surface area contributed by atoms with Crippen molar-refractivity contribution < 1.29 is 19.7 Å². The van der Waals surface area contributed by atoms with Crippen molar-refractivity contribution in [1.29, 1.82) is 0 Å². The SMILES string of the molecule is OCC(O)C(O)Cc1cnc(-c2ccco2)cn1. The quantitative estimate of drug-likeness (QED) is 0.690. The molecular formula is C12H14N2O4. The summed E-state index contributed by atoms with van der Waals surface area (Å²) in [5, 5.41) is 27.5. The van der Waals surface area contributed by atoms with E-state index in [4.69, 9.17) is 9.52 Å². The topological polar surface area (TPSA) is 99.6 Å². The minimum absolute atomic E-state index is 0.132. The molecule has 2 aromatic heterocycles. The Bertz CT molecular complexity index is 469. The Balaban J connectivity index is 2.04. The van der Waals surface area contributed by atoms with Gasteiger partial charge >= 0.3 is 0 Å². The smallest absolute Gasteiger partial charge is 0.153 e. The van der Waals surface area contributed by atoms with Crippen LogP contribution in [0.4, 0.5) is 0 Å². The van der Waals surface area contributed by atoms with Gasteiger partial charge in [-0.15, -0.1) is 0 Å². The Hall–Kier alpha value is -1.76. The molecular weight excluding hydrogens is 236 g/mol. The van der Waals surface area contributed by atoms with Crippen molar-refractivity contribution in [2.45, 2.75) is 18.6 Å². The summed E-state index contributed by atoms with van der Waals surface area (Å²) in [6.45, 7) is -0.487. The third kappa shape index (κ3) is 2.92. The second-order valence-corrected chi connectivity index (χ2v) is 3.89. The van der Waals surface area contributed by atoms with Crippen LogP contribution in [0.1, 0.15) is 5.69 Å². The largest absolute Gasteiger partial charge is 0.463 e. The molecule has 0 saturated carbocycles. The normalized spacial score (nSPS) is 14.4. The monoisotopic (exact) mass is 250 g/mol. The van der Waals surface area contributed by atoms with Gasteiger partial charge in [0, 0.05) is 12.6 Å². The highest BCUT2D eigenvalue weighted by Gasteiger charge is 2.16. The van der Waals surface area contributed by atoms with E-state index >= 15 is 0 Å². The highest BCUT2D eigenvalue weighted by atomic mass is 16.4. The van der Waals surface area contributed by atoms with E-state index in [-0.39, 0.29) is 6.42 Å². The number of nitrogens with zero attached hydrogens (tertiary/aromatic N) is 2. The van der Waals surface area contributed by atoms with Crippen LogP contribution in [0.2, 0.25) is 0 Å². The maximum Gasteiger partial charge on any atom is 0.153 e. The molecule has 2 rings (SSSR count). The Kier molecular flexibility index (Phi) is 4.03. The minimum Gasteiger partial charge on any atom is -0.463 e. The van der Waals surface area contributed by atoms with E-state index in [0.717, 1.165) is 0 Å². The highest BCUT2D eigenvalue weighted by molar-refractivity contribution is 5.49. The first kappa shape index (κ1) is 12.7. The van der Waals surface area contributed by atoms with Crippen molar-refractivity contribution in [2.24, 2.45) is 0 Å². The predicted molar refractivity (Wildman–Crippen MR) is 62.5 cm³/mol. The van der Waals surface area contributed by atoms with Gasteiger partial charge in [0.15, 0.2) is 5.76 Å². The third-order valence-electron chi connectivity index (χ3n) is 2.53. The first-order chi connectivity index (χ1) is 8.70. The molecule has 0 saturated heterocycles. The fourth-order valence-electron chi connectivity index (χ4n) is 1.48. The first-order valence-corrected chi connectivity index (χ1v) is 5.52. The summed E-state index contributed by atoms with van der Waals surface area (Å²) in [5.41, 5.74) is 1.13. The zero-order chi connectivity index (χ0) is 13.0. The third-order valence-corrected chi connectivity index (χ3v) is 2.53. The molecule has 96 valence electrons. The summed E-state index contributed by atoms with van der Waals surface area (Å²) in [5.74, 6) is 0.616. The molecule has 3 N–H and O–H groups in total. The first-order valence-electron chi connectivity index (χ1n) is 5.52. The Morgan fingerprint density at radius 2 is 2.00 bits per heavy atom. The molecule has 2 unspecified atom stereocenters. The van der Waals surface area contributed by atoms with Crippen molar-refractivity contribution in [3.05, 3.63) is 36.5 Å². The van der Waals surface area contributed by atoms with E-state index in [2.05, 4.69) is 9.97 Å². The molecule has 0 spiro atoms. The number of rotatable bonds is 5. The Morgan fingerprint density at radius 1 is 1.17 bits per heavy atom. The van der Waals surface area contributed by atoms with E-state index in [9.17, 15) is 10.2 Å². The van der Waals surface area contributed by atoms with Gasteiger partial charge in [-0.25, -0.2) is 4.98 Å². The lowest BCUT2D eigenvalue weighted by atomic mass is 10.1. The second-order valence-electron chi connectivity index (χ2n) is 3.89. The van der Waals surface area contributed by atoms with Crippen molar-refractivity contribution in [2.75, 3.05) is 6.61 Å². The van der Waals surface area contributed by atoms with Crippen molar-refractivity contribution in [1.82, 2.24) is 9.97 Å². The van der Waals surface area contributed by atoms with Gasteiger partial charge in [0.1, 0.15) is 11.8 Å². The molecule has 0 amide bonds. The van der Waals surface area contributed by atoms with Crippen LogP contribution >= 0.6 is 0 Å². The highest BCUT2D eigenvalue weighted by Crippen LogP contribution is 2.16. The van der Waals surface area contributed by atoms with Gasteiger partial charge in [0.05, 0.1) is 30.9 Å². The standard InChI is InChI=1S/C12H14N2O4/c15-7-11(17)10(16)4-8-5-14-9(6-13-8)12-2-1-3-18-12/h1-3,5-6,10-11,15-17H,4,7H2. The summed E-state index contributed by atoms with van der Waals surface area (Å²) in [6, 6.07) is 3.53. The van der Waals surface area contributed by atoms with Gasteiger partial charge in [-0.1, -0.05) is 0 Å². The van der Waals surface area contributed by atoms with E-state index < -0.39 is 18.8 Å². The zero-order valence-electron chi connectivity index (χ0n) is 9.60. The van der Waals surface area contributed by atoms with E-state index in [1.807, 2.05) is 0 Å². The molecule has 0 bridgehead atoms. The summed E-state index contributed by atoms with van der Waals surface area (Å²) in [6.07, 6.45) is 2.49. The molecule has 0 aliphatic heterocycles. The number of hydrogen-bond acceptors (Lipinski definition) is 6. The fraction of sp³-hybridized carbons (Fsp3) is 0.333. The summed E-state index contributed by atoms with van der Waals surface area (Å²) >= 11 is 0. The molecule has 18 heavy (non-hydrogen) atoms. The van der Waals surface area contributed by atoms with Crippen LogP contribution in [0.25, 0.3) is 11.5 Å².